The zero-order valence-corrected chi connectivity index (χ0v) is 14.2. The van der Waals surface area contributed by atoms with E-state index < -0.39 is 35.0 Å². The molecule has 0 aliphatic heterocycles. The molecule has 3 rings (SSSR count). The Kier molecular flexibility index (Phi) is 4.92. The summed E-state index contributed by atoms with van der Waals surface area (Å²) in [6, 6.07) is 3.58. The van der Waals surface area contributed by atoms with Crippen molar-refractivity contribution in [1.29, 1.82) is 0 Å². The topological polar surface area (TPSA) is 78.9 Å². The maximum atomic E-state index is 13.5. The molecule has 1 aromatic heterocycles. The molecule has 3 N–H and O–H groups in total. The first-order chi connectivity index (χ1) is 13.1. The molecule has 28 heavy (non-hydrogen) atoms. The lowest BCUT2D eigenvalue weighted by atomic mass is 10.0. The molecule has 11 heteroatoms. The van der Waals surface area contributed by atoms with Crippen LogP contribution in [0.3, 0.4) is 0 Å². The first-order valence-electron chi connectivity index (χ1n) is 7.99. The number of nitrogens with one attached hydrogen (secondary N) is 3. The van der Waals surface area contributed by atoms with Crippen molar-refractivity contribution in [3.05, 3.63) is 65.6 Å². The molecule has 0 bridgehead atoms. The van der Waals surface area contributed by atoms with Gasteiger partial charge >= 0.3 is 6.18 Å². The second-order valence-corrected chi connectivity index (χ2v) is 6.19. The fourth-order valence-electron chi connectivity index (χ4n) is 2.40. The van der Waals surface area contributed by atoms with Gasteiger partial charge in [0.25, 0.3) is 5.91 Å². The maximum Gasteiger partial charge on any atom is 0.432 e. The summed E-state index contributed by atoms with van der Waals surface area (Å²) >= 11 is 0. The van der Waals surface area contributed by atoms with Crippen LogP contribution in [0.4, 0.5) is 27.9 Å². The standard InChI is InChI=1S/C17H14F5N5O/c1-9(17(20,21)22)26-27-14(28)10-7-23-15(24-8-10)25-16(4-5-16)11-2-3-12(18)13(19)6-11/h2-3,6-8,26H,1,4-5H2,(H,27,28)(H,23,24,25). The van der Waals surface area contributed by atoms with Gasteiger partial charge in [0.1, 0.15) is 5.70 Å². The molecule has 0 spiro atoms. The first kappa shape index (κ1) is 19.5. The molecule has 0 unspecified atom stereocenters. The number of nitrogens with zero attached hydrogens (tertiary/aromatic N) is 2. The van der Waals surface area contributed by atoms with E-state index in [0.29, 0.717) is 18.4 Å². The van der Waals surface area contributed by atoms with Crippen LogP contribution in [0.25, 0.3) is 0 Å². The largest absolute Gasteiger partial charge is 0.432 e. The normalized spacial score (nSPS) is 14.9. The van der Waals surface area contributed by atoms with E-state index in [2.05, 4.69) is 21.9 Å². The number of carbonyl (C=O) groups is 1. The highest BCUT2D eigenvalue weighted by molar-refractivity contribution is 5.93. The highest BCUT2D eigenvalue weighted by atomic mass is 19.4. The van der Waals surface area contributed by atoms with Crippen LogP contribution in [0.2, 0.25) is 0 Å². The van der Waals surface area contributed by atoms with E-state index in [-0.39, 0.29) is 11.5 Å². The molecule has 1 saturated carbocycles. The molecular weight excluding hydrogens is 385 g/mol. The third kappa shape index (κ3) is 4.18. The number of amides is 1. The minimum atomic E-state index is -4.70. The minimum absolute atomic E-state index is 0.0919. The van der Waals surface area contributed by atoms with Gasteiger partial charge in [-0.3, -0.25) is 15.6 Å². The van der Waals surface area contributed by atoms with Crippen molar-refractivity contribution in [3.63, 3.8) is 0 Å². The van der Waals surface area contributed by atoms with Crippen LogP contribution in [0.15, 0.2) is 42.9 Å². The van der Waals surface area contributed by atoms with Gasteiger partial charge in [0, 0.05) is 12.4 Å². The number of hydrogen-bond acceptors (Lipinski definition) is 5. The van der Waals surface area contributed by atoms with Crippen LogP contribution < -0.4 is 16.2 Å². The number of hydrazine groups is 1. The van der Waals surface area contributed by atoms with Gasteiger partial charge in [-0.05, 0) is 30.5 Å². The molecule has 2 aromatic rings. The van der Waals surface area contributed by atoms with Gasteiger partial charge in [0.2, 0.25) is 5.95 Å². The van der Waals surface area contributed by atoms with Gasteiger partial charge in [-0.25, -0.2) is 18.7 Å². The molecule has 6 nitrogen and oxygen atoms in total. The van der Waals surface area contributed by atoms with Gasteiger partial charge in [-0.2, -0.15) is 13.2 Å². The van der Waals surface area contributed by atoms with Crippen LogP contribution in [0.5, 0.6) is 0 Å². The lowest BCUT2D eigenvalue weighted by Crippen LogP contribution is -2.40. The van der Waals surface area contributed by atoms with E-state index in [1.54, 1.807) is 5.43 Å². The number of rotatable bonds is 6. The summed E-state index contributed by atoms with van der Waals surface area (Å²) in [6.07, 6.45) is -1.18. The Bertz CT molecular complexity index is 909. The Balaban J connectivity index is 1.64. The maximum absolute atomic E-state index is 13.5. The Morgan fingerprint density at radius 2 is 1.71 bits per heavy atom. The second kappa shape index (κ2) is 7.06. The smallest absolute Gasteiger partial charge is 0.345 e. The number of halogens is 5. The SMILES string of the molecule is C=C(NNC(=O)c1cnc(NC2(c3ccc(F)c(F)c3)CC2)nc1)C(F)(F)F. The van der Waals surface area contributed by atoms with Crippen molar-refractivity contribution in [1.82, 2.24) is 20.8 Å². The van der Waals surface area contributed by atoms with E-state index in [1.165, 1.54) is 6.07 Å². The summed E-state index contributed by atoms with van der Waals surface area (Å²) < 4.78 is 63.5. The van der Waals surface area contributed by atoms with Crippen molar-refractivity contribution in [2.24, 2.45) is 0 Å². The quantitative estimate of drug-likeness (QED) is 0.514. The van der Waals surface area contributed by atoms with E-state index in [1.807, 2.05) is 5.43 Å². The van der Waals surface area contributed by atoms with Crippen LogP contribution in [0, 0.1) is 11.6 Å². The van der Waals surface area contributed by atoms with Crippen molar-refractivity contribution < 1.29 is 26.7 Å². The molecule has 1 heterocycles. The summed E-state index contributed by atoms with van der Waals surface area (Å²) in [5.74, 6) is -2.68. The molecule has 0 radical (unpaired) electrons. The Hall–Kier alpha value is -3.24. The summed E-state index contributed by atoms with van der Waals surface area (Å²) in [5.41, 5.74) is 1.97. The van der Waals surface area contributed by atoms with Crippen LogP contribution in [-0.2, 0) is 5.54 Å². The summed E-state index contributed by atoms with van der Waals surface area (Å²) in [5, 5.41) is 3.01. The Morgan fingerprint density at radius 3 is 2.25 bits per heavy atom. The fraction of sp³-hybridized carbons (Fsp3) is 0.235. The molecule has 0 atom stereocenters. The molecule has 1 aromatic carbocycles. The number of allylic oxidation sites excluding steroid dienone is 1. The fourth-order valence-corrected chi connectivity index (χ4v) is 2.40. The van der Waals surface area contributed by atoms with Crippen molar-refractivity contribution in [2.75, 3.05) is 5.32 Å². The number of benzene rings is 1. The average molecular weight is 399 g/mol. The Morgan fingerprint density at radius 1 is 1.07 bits per heavy atom. The van der Waals surface area contributed by atoms with Crippen LogP contribution in [0.1, 0.15) is 28.8 Å². The summed E-state index contributed by atoms with van der Waals surface area (Å²) in [4.78, 5) is 19.7. The molecule has 1 aliphatic rings. The minimum Gasteiger partial charge on any atom is -0.345 e. The summed E-state index contributed by atoms with van der Waals surface area (Å²) in [7, 11) is 0. The lowest BCUT2D eigenvalue weighted by molar-refractivity contribution is -0.0972. The van der Waals surface area contributed by atoms with Crippen molar-refractivity contribution in [2.45, 2.75) is 24.6 Å². The second-order valence-electron chi connectivity index (χ2n) is 6.19. The third-order valence-electron chi connectivity index (χ3n) is 4.16. The number of carbonyl (C=O) groups excluding carboxylic acids is 1. The predicted molar refractivity (Wildman–Crippen MR) is 88.7 cm³/mol. The molecule has 148 valence electrons. The zero-order valence-electron chi connectivity index (χ0n) is 14.2. The van der Waals surface area contributed by atoms with Gasteiger partial charge in [0.05, 0.1) is 11.1 Å². The molecule has 1 amide bonds. The highest BCUT2D eigenvalue weighted by Gasteiger charge is 2.45. The van der Waals surface area contributed by atoms with E-state index >= 15 is 0 Å². The molecule has 1 fully saturated rings. The molecular formula is C17H14F5N5O. The van der Waals surface area contributed by atoms with Gasteiger partial charge < -0.3 is 5.32 Å². The zero-order chi connectivity index (χ0) is 20.5. The summed E-state index contributed by atoms with van der Waals surface area (Å²) in [6.45, 7) is 2.75. The van der Waals surface area contributed by atoms with Crippen LogP contribution >= 0.6 is 0 Å². The average Bonchev–Trinajstić information content (AvgIpc) is 3.42. The monoisotopic (exact) mass is 399 g/mol. The number of aromatic nitrogens is 2. The lowest BCUT2D eigenvalue weighted by Gasteiger charge is -2.18. The van der Waals surface area contributed by atoms with E-state index in [4.69, 9.17) is 0 Å². The third-order valence-corrected chi connectivity index (χ3v) is 4.16. The highest BCUT2D eigenvalue weighted by Crippen LogP contribution is 2.48. The van der Waals surface area contributed by atoms with Crippen LogP contribution in [-0.4, -0.2) is 22.1 Å². The molecule has 1 aliphatic carbocycles. The number of hydrogen-bond donors (Lipinski definition) is 3. The Labute approximate surface area is 155 Å². The van der Waals surface area contributed by atoms with Gasteiger partial charge in [-0.1, -0.05) is 12.6 Å². The van der Waals surface area contributed by atoms with Gasteiger partial charge in [0.15, 0.2) is 11.6 Å². The van der Waals surface area contributed by atoms with E-state index in [0.717, 1.165) is 24.5 Å². The van der Waals surface area contributed by atoms with Crippen molar-refractivity contribution in [3.8, 4) is 0 Å². The van der Waals surface area contributed by atoms with E-state index in [9.17, 15) is 26.7 Å². The van der Waals surface area contributed by atoms with Gasteiger partial charge in [-0.15, -0.1) is 0 Å². The van der Waals surface area contributed by atoms with Crippen molar-refractivity contribution >= 4 is 11.9 Å². The predicted octanol–water partition coefficient (Wildman–Crippen LogP) is 3.17. The number of anilines is 1. The molecule has 0 saturated heterocycles. The first-order valence-corrected chi connectivity index (χ1v) is 7.99. The number of alkyl halides is 3.